The van der Waals surface area contributed by atoms with Crippen molar-refractivity contribution in [3.63, 3.8) is 0 Å². The van der Waals surface area contributed by atoms with Crippen LogP contribution in [0, 0.1) is 0 Å². The molecule has 1 aliphatic heterocycles. The molecule has 0 saturated heterocycles. The summed E-state index contributed by atoms with van der Waals surface area (Å²) in [5, 5.41) is 0.739. The second-order valence-electron chi connectivity index (χ2n) is 2.58. The van der Waals surface area contributed by atoms with Gasteiger partial charge in [-0.15, -0.1) is 12.4 Å². The molecule has 2 rings (SSSR count). The summed E-state index contributed by atoms with van der Waals surface area (Å²) in [4.78, 5) is 28.7. The van der Waals surface area contributed by atoms with Crippen molar-refractivity contribution in [2.45, 2.75) is 0 Å². The van der Waals surface area contributed by atoms with E-state index < -0.39 is 11.8 Å². The van der Waals surface area contributed by atoms with Gasteiger partial charge in [0.2, 0.25) is 0 Å². The van der Waals surface area contributed by atoms with Gasteiger partial charge in [0.25, 0.3) is 0 Å². The molecule has 0 aromatic heterocycles. The van der Waals surface area contributed by atoms with Gasteiger partial charge in [-0.05, 0) is 18.2 Å². The van der Waals surface area contributed by atoms with Crippen LogP contribution in [0.3, 0.4) is 0 Å². The Labute approximate surface area is 84.8 Å². The molecule has 0 spiro atoms. The first-order valence-corrected chi connectivity index (χ1v) is 3.58. The number of anilines is 1. The SMILES string of the molecule is Cl.Nc1ccc2c(c1)=NC(=O)C(=O)N=2. The average molecular weight is 212 g/mol. The van der Waals surface area contributed by atoms with Crippen LogP contribution in [0.25, 0.3) is 0 Å². The first kappa shape index (κ1) is 10.3. The van der Waals surface area contributed by atoms with Gasteiger partial charge in [0.05, 0.1) is 10.7 Å². The lowest BCUT2D eigenvalue weighted by atomic mass is 10.3. The fraction of sp³-hybridized carbons (Fsp3) is 0. The van der Waals surface area contributed by atoms with E-state index in [-0.39, 0.29) is 12.4 Å². The lowest BCUT2D eigenvalue weighted by Gasteiger charge is -1.97. The first-order chi connectivity index (χ1) is 6.16. The minimum atomic E-state index is -0.849. The molecule has 0 aliphatic carbocycles. The number of fused-ring (bicyclic) bond motifs is 1. The summed E-state index contributed by atoms with van der Waals surface area (Å²) in [6.07, 6.45) is 0. The van der Waals surface area contributed by atoms with Gasteiger partial charge in [-0.2, -0.15) is 0 Å². The molecule has 0 fully saturated rings. The fourth-order valence-electron chi connectivity index (χ4n) is 1.04. The maximum absolute atomic E-state index is 10.8. The van der Waals surface area contributed by atoms with E-state index in [1.807, 2.05) is 0 Å². The molecule has 1 heterocycles. The third kappa shape index (κ3) is 1.62. The third-order valence-corrected chi connectivity index (χ3v) is 1.63. The van der Waals surface area contributed by atoms with Crippen molar-refractivity contribution < 1.29 is 9.59 Å². The second-order valence-corrected chi connectivity index (χ2v) is 2.58. The summed E-state index contributed by atoms with van der Waals surface area (Å²) in [5.41, 5.74) is 5.95. The Morgan fingerprint density at radius 1 is 1.00 bits per heavy atom. The number of carbonyl (C=O) groups excluding carboxylic acids is 2. The lowest BCUT2D eigenvalue weighted by Crippen LogP contribution is -2.34. The minimum Gasteiger partial charge on any atom is -0.399 e. The summed E-state index contributed by atoms with van der Waals surface area (Å²) < 4.78 is 0. The number of hydrogen-bond donors (Lipinski definition) is 1. The van der Waals surface area contributed by atoms with Crippen LogP contribution in [0.15, 0.2) is 28.2 Å². The number of benzene rings is 1. The van der Waals surface area contributed by atoms with Crippen LogP contribution in [0.1, 0.15) is 0 Å². The molecular formula is C8H6ClN3O2. The van der Waals surface area contributed by atoms with Gasteiger partial charge in [0.1, 0.15) is 0 Å². The quantitative estimate of drug-likeness (QED) is 0.441. The zero-order chi connectivity index (χ0) is 9.42. The molecule has 1 aliphatic rings. The molecule has 0 bridgehead atoms. The van der Waals surface area contributed by atoms with Crippen LogP contribution in [0.2, 0.25) is 0 Å². The van der Waals surface area contributed by atoms with Crippen molar-refractivity contribution in [1.29, 1.82) is 0 Å². The largest absolute Gasteiger partial charge is 0.399 e. The third-order valence-electron chi connectivity index (χ3n) is 1.63. The van der Waals surface area contributed by atoms with Gasteiger partial charge in [-0.3, -0.25) is 9.59 Å². The van der Waals surface area contributed by atoms with Crippen molar-refractivity contribution in [3.8, 4) is 0 Å². The van der Waals surface area contributed by atoms with Crippen molar-refractivity contribution in [2.75, 3.05) is 5.73 Å². The Hall–Kier alpha value is -1.75. The smallest absolute Gasteiger partial charge is 0.338 e. The van der Waals surface area contributed by atoms with Crippen molar-refractivity contribution in [2.24, 2.45) is 9.98 Å². The maximum atomic E-state index is 10.8. The highest BCUT2D eigenvalue weighted by atomic mass is 35.5. The highest BCUT2D eigenvalue weighted by Gasteiger charge is 2.14. The first-order valence-electron chi connectivity index (χ1n) is 3.58. The van der Waals surface area contributed by atoms with Crippen molar-refractivity contribution >= 4 is 29.9 Å². The highest BCUT2D eigenvalue weighted by Crippen LogP contribution is 1.92. The molecule has 1 aromatic rings. The van der Waals surface area contributed by atoms with Gasteiger partial charge in [0, 0.05) is 5.69 Å². The topological polar surface area (TPSA) is 84.9 Å². The fourth-order valence-corrected chi connectivity index (χ4v) is 1.04. The zero-order valence-corrected chi connectivity index (χ0v) is 7.75. The number of amides is 2. The van der Waals surface area contributed by atoms with Gasteiger partial charge in [-0.1, -0.05) is 0 Å². The Morgan fingerprint density at radius 2 is 1.57 bits per heavy atom. The average Bonchev–Trinajstić information content (AvgIpc) is 2.08. The molecule has 6 heteroatoms. The lowest BCUT2D eigenvalue weighted by molar-refractivity contribution is -0.135. The molecule has 1 aromatic carbocycles. The molecule has 14 heavy (non-hydrogen) atoms. The summed E-state index contributed by atoms with van der Waals surface area (Å²) in [5.74, 6) is -1.68. The molecular weight excluding hydrogens is 206 g/mol. The normalized spacial score (nSPS) is 13.4. The van der Waals surface area contributed by atoms with E-state index >= 15 is 0 Å². The number of halogens is 1. The molecule has 2 N–H and O–H groups in total. The predicted molar refractivity (Wildman–Crippen MR) is 50.4 cm³/mol. The van der Waals surface area contributed by atoms with Gasteiger partial charge < -0.3 is 5.73 Å². The van der Waals surface area contributed by atoms with Crippen LogP contribution in [0.4, 0.5) is 5.69 Å². The van der Waals surface area contributed by atoms with E-state index in [0.717, 1.165) is 0 Å². The Bertz CT molecular complexity index is 524. The Balaban J connectivity index is 0.000000980. The van der Waals surface area contributed by atoms with Crippen LogP contribution in [-0.4, -0.2) is 11.8 Å². The molecule has 0 radical (unpaired) electrons. The minimum absolute atomic E-state index is 0. The number of nitrogens with zero attached hydrogens (tertiary/aromatic N) is 2. The van der Waals surface area contributed by atoms with Crippen LogP contribution in [0.5, 0.6) is 0 Å². The van der Waals surface area contributed by atoms with Gasteiger partial charge in [0.15, 0.2) is 0 Å². The van der Waals surface area contributed by atoms with E-state index in [2.05, 4.69) is 9.98 Å². The van der Waals surface area contributed by atoms with E-state index in [4.69, 9.17) is 5.73 Å². The number of nitrogen functional groups attached to an aromatic ring is 1. The Kier molecular flexibility index (Phi) is 2.62. The van der Waals surface area contributed by atoms with Crippen molar-refractivity contribution in [1.82, 2.24) is 0 Å². The van der Waals surface area contributed by atoms with Crippen LogP contribution < -0.4 is 16.4 Å². The maximum Gasteiger partial charge on any atom is 0.338 e. The highest BCUT2D eigenvalue weighted by molar-refractivity contribution is 6.36. The molecule has 5 nitrogen and oxygen atoms in total. The number of hydrogen-bond acceptors (Lipinski definition) is 3. The van der Waals surface area contributed by atoms with Crippen LogP contribution >= 0.6 is 12.4 Å². The number of rotatable bonds is 0. The van der Waals surface area contributed by atoms with E-state index in [0.29, 0.717) is 16.4 Å². The standard InChI is InChI=1S/C8H5N3O2.ClH/c9-4-1-2-5-6(3-4)11-8(13)7(12)10-5;/h1-3H,9H2;1H. The molecule has 0 unspecified atom stereocenters. The van der Waals surface area contributed by atoms with E-state index in [9.17, 15) is 9.59 Å². The monoisotopic (exact) mass is 211 g/mol. The predicted octanol–water partition coefficient (Wildman–Crippen LogP) is -1.00. The summed E-state index contributed by atoms with van der Waals surface area (Å²) in [6, 6.07) is 4.66. The number of nitrogens with two attached hydrogens (primary N) is 1. The van der Waals surface area contributed by atoms with Crippen LogP contribution in [-0.2, 0) is 9.59 Å². The molecule has 0 atom stereocenters. The number of carbonyl (C=O) groups is 2. The van der Waals surface area contributed by atoms with E-state index in [1.165, 1.54) is 6.07 Å². The zero-order valence-electron chi connectivity index (χ0n) is 6.93. The van der Waals surface area contributed by atoms with Gasteiger partial charge >= 0.3 is 11.8 Å². The summed E-state index contributed by atoms with van der Waals surface area (Å²) in [6.45, 7) is 0. The van der Waals surface area contributed by atoms with Crippen molar-refractivity contribution in [3.05, 3.63) is 28.9 Å². The van der Waals surface area contributed by atoms with E-state index in [1.54, 1.807) is 12.1 Å². The van der Waals surface area contributed by atoms with Gasteiger partial charge in [-0.25, -0.2) is 9.98 Å². The second kappa shape index (κ2) is 3.55. The summed E-state index contributed by atoms with van der Waals surface area (Å²) >= 11 is 0. The molecule has 72 valence electrons. The Morgan fingerprint density at radius 3 is 2.21 bits per heavy atom. The molecule has 2 amide bonds. The molecule has 0 saturated carbocycles. The summed E-state index contributed by atoms with van der Waals surface area (Å²) in [7, 11) is 0.